The zero-order valence-electron chi connectivity index (χ0n) is 18.3. The van der Waals surface area contributed by atoms with Crippen LogP contribution < -0.4 is 21.5 Å². The maximum absolute atomic E-state index is 12.5. The molecule has 1 aromatic heterocycles. The monoisotopic (exact) mass is 449 g/mol. The van der Waals surface area contributed by atoms with Gasteiger partial charge in [0, 0.05) is 12.1 Å². The molecule has 4 rings (SSSR count). The molecule has 9 heteroatoms. The van der Waals surface area contributed by atoms with Gasteiger partial charge < -0.3 is 26.6 Å². The highest BCUT2D eigenvalue weighted by Crippen LogP contribution is 2.35. The van der Waals surface area contributed by atoms with Crippen LogP contribution in [0.25, 0.3) is 11.3 Å². The number of para-hydroxylation sites is 1. The summed E-state index contributed by atoms with van der Waals surface area (Å²) in [6.45, 7) is 0.316. The van der Waals surface area contributed by atoms with E-state index in [1.54, 1.807) is 28.9 Å². The van der Waals surface area contributed by atoms with Crippen molar-refractivity contribution in [2.45, 2.75) is 38.0 Å². The number of aromatic nitrogens is 2. The zero-order valence-corrected chi connectivity index (χ0v) is 18.3. The Balaban J connectivity index is 1.52. The minimum absolute atomic E-state index is 0.0729. The smallest absolute Gasteiger partial charge is 0.255 e. The average Bonchev–Trinajstić information content (AvgIpc) is 3.40. The first-order valence-electron chi connectivity index (χ1n) is 10.8. The number of carbonyl (C=O) groups excluding carboxylic acids is 2. The number of nitrogens with two attached hydrogens (primary N) is 2. The molecule has 3 aromatic rings. The molecule has 1 saturated carbocycles. The summed E-state index contributed by atoms with van der Waals surface area (Å²) < 4.78 is 6.84. The lowest BCUT2D eigenvalue weighted by atomic mass is 10.0. The van der Waals surface area contributed by atoms with Crippen LogP contribution in [0.15, 0.2) is 48.5 Å². The first-order valence-corrected chi connectivity index (χ1v) is 10.8. The largest absolute Gasteiger partial charge is 0.496 e. The molecule has 1 aliphatic carbocycles. The molecule has 0 saturated heterocycles. The normalized spacial score (nSPS) is 17.6. The second-order valence-electron chi connectivity index (χ2n) is 8.12. The van der Waals surface area contributed by atoms with Crippen molar-refractivity contribution in [2.75, 3.05) is 12.8 Å². The van der Waals surface area contributed by atoms with Crippen molar-refractivity contribution in [3.63, 3.8) is 0 Å². The third-order valence-electron chi connectivity index (χ3n) is 5.95. The minimum atomic E-state index is -0.652. The van der Waals surface area contributed by atoms with Crippen LogP contribution in [0.3, 0.4) is 0 Å². The number of nitrogens with zero attached hydrogens (tertiary/aromatic N) is 2. The Labute approximate surface area is 191 Å². The highest BCUT2D eigenvalue weighted by Gasteiger charge is 2.30. The minimum Gasteiger partial charge on any atom is -0.496 e. The standard InChI is InChI=1S/C24H27N5O4/c1-33-19-5-3-2-4-18(19)24(32)27-13-14-6-8-15(9-7-14)21-20(23(26)31)22(25)29(28-21)16-10-11-17(30)12-16/h2-9,16-17,30H,10-13,25H2,1H3,(H2,26,31)(H,27,32). The van der Waals surface area contributed by atoms with Crippen molar-refractivity contribution in [1.82, 2.24) is 15.1 Å². The van der Waals surface area contributed by atoms with Crippen LogP contribution in [0.2, 0.25) is 0 Å². The van der Waals surface area contributed by atoms with Gasteiger partial charge in [-0.3, -0.25) is 9.59 Å². The molecule has 0 radical (unpaired) electrons. The molecule has 2 amide bonds. The Hall–Kier alpha value is -3.85. The summed E-state index contributed by atoms with van der Waals surface area (Å²) >= 11 is 0. The number of amides is 2. The molecule has 0 aliphatic heterocycles. The van der Waals surface area contributed by atoms with E-state index in [0.717, 1.165) is 12.0 Å². The first-order chi connectivity index (χ1) is 15.9. The fourth-order valence-corrected chi connectivity index (χ4v) is 4.22. The van der Waals surface area contributed by atoms with Crippen molar-refractivity contribution < 1.29 is 19.4 Å². The number of methoxy groups -OCH3 is 1. The third kappa shape index (κ3) is 4.54. The molecule has 2 aromatic carbocycles. The number of benzene rings is 2. The molecule has 0 bridgehead atoms. The Kier molecular flexibility index (Phi) is 6.32. The molecule has 33 heavy (non-hydrogen) atoms. The highest BCUT2D eigenvalue weighted by molar-refractivity contribution is 6.03. The number of primary amides is 1. The number of rotatable bonds is 7. The number of aliphatic hydroxyl groups is 1. The van der Waals surface area contributed by atoms with Crippen LogP contribution in [-0.4, -0.2) is 39.9 Å². The van der Waals surface area contributed by atoms with Crippen LogP contribution in [-0.2, 0) is 6.54 Å². The fraction of sp³-hybridized carbons (Fsp3) is 0.292. The van der Waals surface area contributed by atoms with Crippen molar-refractivity contribution in [1.29, 1.82) is 0 Å². The highest BCUT2D eigenvalue weighted by atomic mass is 16.5. The van der Waals surface area contributed by atoms with E-state index in [4.69, 9.17) is 16.2 Å². The zero-order chi connectivity index (χ0) is 23.5. The fourth-order valence-electron chi connectivity index (χ4n) is 4.22. The van der Waals surface area contributed by atoms with E-state index in [1.165, 1.54) is 7.11 Å². The predicted octanol–water partition coefficient (Wildman–Crippen LogP) is 2.26. The molecule has 1 heterocycles. The van der Waals surface area contributed by atoms with E-state index in [1.807, 2.05) is 24.3 Å². The Bertz CT molecular complexity index is 1170. The number of aliphatic hydroxyl groups excluding tert-OH is 1. The van der Waals surface area contributed by atoms with Gasteiger partial charge in [0.05, 0.1) is 24.8 Å². The summed E-state index contributed by atoms with van der Waals surface area (Å²) in [6.07, 6.45) is 1.54. The summed E-state index contributed by atoms with van der Waals surface area (Å²) in [7, 11) is 1.52. The average molecular weight is 450 g/mol. The van der Waals surface area contributed by atoms with Crippen molar-refractivity contribution >= 4 is 17.6 Å². The van der Waals surface area contributed by atoms with E-state index in [2.05, 4.69) is 10.4 Å². The van der Waals surface area contributed by atoms with Crippen LogP contribution in [0.4, 0.5) is 5.82 Å². The summed E-state index contributed by atoms with van der Waals surface area (Å²) in [6, 6.07) is 14.3. The van der Waals surface area contributed by atoms with Gasteiger partial charge in [-0.1, -0.05) is 36.4 Å². The van der Waals surface area contributed by atoms with Gasteiger partial charge >= 0.3 is 0 Å². The molecule has 172 valence electrons. The number of ether oxygens (including phenoxy) is 1. The molecule has 1 fully saturated rings. The summed E-state index contributed by atoms with van der Waals surface area (Å²) in [5.74, 6) is -0.171. The van der Waals surface area contributed by atoms with E-state index < -0.39 is 12.0 Å². The topological polar surface area (TPSA) is 145 Å². The van der Waals surface area contributed by atoms with E-state index in [9.17, 15) is 14.7 Å². The summed E-state index contributed by atoms with van der Waals surface area (Å²) in [4.78, 5) is 24.6. The molecule has 2 unspecified atom stereocenters. The van der Waals surface area contributed by atoms with Gasteiger partial charge in [0.25, 0.3) is 11.8 Å². The van der Waals surface area contributed by atoms with Crippen molar-refractivity contribution in [3.05, 3.63) is 65.2 Å². The number of nitrogen functional groups attached to an aromatic ring is 1. The summed E-state index contributed by atoms with van der Waals surface area (Å²) in [5, 5.41) is 17.3. The number of carbonyl (C=O) groups is 2. The van der Waals surface area contributed by atoms with E-state index >= 15 is 0 Å². The lowest BCUT2D eigenvalue weighted by molar-refractivity contribution is 0.0946. The van der Waals surface area contributed by atoms with Crippen LogP contribution in [0.1, 0.15) is 51.6 Å². The molecule has 6 N–H and O–H groups in total. The Morgan fingerprint density at radius 2 is 1.91 bits per heavy atom. The number of anilines is 1. The summed E-state index contributed by atoms with van der Waals surface area (Å²) in [5.41, 5.74) is 14.4. The van der Waals surface area contributed by atoms with Gasteiger partial charge in [-0.25, -0.2) is 4.68 Å². The van der Waals surface area contributed by atoms with Crippen molar-refractivity contribution in [3.8, 4) is 17.0 Å². The predicted molar refractivity (Wildman–Crippen MR) is 124 cm³/mol. The van der Waals surface area contributed by atoms with Gasteiger partial charge in [-0.05, 0) is 37.0 Å². The van der Waals surface area contributed by atoms with Crippen LogP contribution in [0, 0.1) is 0 Å². The lowest BCUT2D eigenvalue weighted by Gasteiger charge is -2.11. The van der Waals surface area contributed by atoms with E-state index in [-0.39, 0.29) is 23.3 Å². The second kappa shape index (κ2) is 9.33. The van der Waals surface area contributed by atoms with Crippen molar-refractivity contribution in [2.24, 2.45) is 5.73 Å². The van der Waals surface area contributed by atoms with Crippen LogP contribution in [0.5, 0.6) is 5.75 Å². The third-order valence-corrected chi connectivity index (χ3v) is 5.95. The lowest BCUT2D eigenvalue weighted by Crippen LogP contribution is -2.23. The van der Waals surface area contributed by atoms with Crippen LogP contribution >= 0.6 is 0 Å². The molecular formula is C24H27N5O4. The molecule has 2 atom stereocenters. The first kappa shape index (κ1) is 22.3. The second-order valence-corrected chi connectivity index (χ2v) is 8.12. The maximum Gasteiger partial charge on any atom is 0.255 e. The quantitative estimate of drug-likeness (QED) is 0.435. The molecular weight excluding hydrogens is 422 g/mol. The van der Waals surface area contributed by atoms with Gasteiger partial charge in [0.2, 0.25) is 0 Å². The molecule has 1 aliphatic rings. The van der Waals surface area contributed by atoms with Gasteiger partial charge in [-0.2, -0.15) is 5.10 Å². The Morgan fingerprint density at radius 3 is 2.55 bits per heavy atom. The number of nitrogens with one attached hydrogen (secondary N) is 1. The van der Waals surface area contributed by atoms with Gasteiger partial charge in [-0.15, -0.1) is 0 Å². The Morgan fingerprint density at radius 1 is 1.18 bits per heavy atom. The van der Waals surface area contributed by atoms with E-state index in [0.29, 0.717) is 42.0 Å². The van der Waals surface area contributed by atoms with Gasteiger partial charge in [0.15, 0.2) is 0 Å². The molecule has 0 spiro atoms. The number of hydrogen-bond donors (Lipinski definition) is 4. The molecule has 9 nitrogen and oxygen atoms in total. The number of hydrogen-bond acceptors (Lipinski definition) is 6. The maximum atomic E-state index is 12.5. The SMILES string of the molecule is COc1ccccc1C(=O)NCc1ccc(-c2nn(C3CCC(O)C3)c(N)c2C(N)=O)cc1. The van der Waals surface area contributed by atoms with Gasteiger partial charge in [0.1, 0.15) is 22.8 Å².